The second-order valence-corrected chi connectivity index (χ2v) is 7.53. The topological polar surface area (TPSA) is 15.3 Å². The van der Waals surface area contributed by atoms with Gasteiger partial charge in [0, 0.05) is 12.6 Å². The Bertz CT molecular complexity index is 271. The summed E-state index contributed by atoms with van der Waals surface area (Å²) < 4.78 is 0. The van der Waals surface area contributed by atoms with Gasteiger partial charge in [-0.2, -0.15) is 0 Å². The van der Waals surface area contributed by atoms with Gasteiger partial charge in [0.15, 0.2) is 0 Å². The number of likely N-dealkylation sites (tertiary alicyclic amines) is 1. The minimum Gasteiger partial charge on any atom is -0.314 e. The van der Waals surface area contributed by atoms with E-state index >= 15 is 0 Å². The van der Waals surface area contributed by atoms with Crippen molar-refractivity contribution in [2.24, 2.45) is 23.7 Å². The zero-order chi connectivity index (χ0) is 14.5. The minimum atomic E-state index is 0.752. The average molecular weight is 280 g/mol. The average Bonchev–Trinajstić information content (AvgIpc) is 2.43. The van der Waals surface area contributed by atoms with E-state index in [9.17, 15) is 0 Å². The van der Waals surface area contributed by atoms with Crippen molar-refractivity contribution in [2.75, 3.05) is 26.2 Å². The van der Waals surface area contributed by atoms with Crippen LogP contribution in [0.1, 0.15) is 59.8 Å². The molecule has 4 unspecified atom stereocenters. The van der Waals surface area contributed by atoms with Gasteiger partial charge < -0.3 is 10.2 Å². The molecule has 1 N–H and O–H groups in total. The smallest absolute Gasteiger partial charge is 0.0112 e. The lowest BCUT2D eigenvalue weighted by Gasteiger charge is -2.43. The van der Waals surface area contributed by atoms with Crippen molar-refractivity contribution in [1.82, 2.24) is 10.2 Å². The first-order valence-electron chi connectivity index (χ1n) is 9.09. The molecule has 20 heavy (non-hydrogen) atoms. The molecule has 1 heterocycles. The first-order chi connectivity index (χ1) is 9.63. The first kappa shape index (κ1) is 16.3. The van der Waals surface area contributed by atoms with Crippen LogP contribution < -0.4 is 5.32 Å². The third-order valence-corrected chi connectivity index (χ3v) is 5.90. The van der Waals surface area contributed by atoms with E-state index < -0.39 is 0 Å². The largest absolute Gasteiger partial charge is 0.314 e. The zero-order valence-corrected chi connectivity index (χ0v) is 14.2. The Labute approximate surface area is 126 Å². The maximum absolute atomic E-state index is 3.78. The van der Waals surface area contributed by atoms with Gasteiger partial charge in [-0.05, 0) is 69.0 Å². The van der Waals surface area contributed by atoms with Crippen LogP contribution in [0.15, 0.2) is 0 Å². The van der Waals surface area contributed by atoms with Crippen molar-refractivity contribution in [1.29, 1.82) is 0 Å². The molecule has 2 nitrogen and oxygen atoms in total. The lowest BCUT2D eigenvalue weighted by atomic mass is 9.72. The van der Waals surface area contributed by atoms with E-state index in [2.05, 4.69) is 37.9 Å². The Morgan fingerprint density at radius 1 is 1.05 bits per heavy atom. The molecule has 1 aliphatic carbocycles. The predicted molar refractivity (Wildman–Crippen MR) is 88.0 cm³/mol. The van der Waals surface area contributed by atoms with E-state index in [4.69, 9.17) is 0 Å². The van der Waals surface area contributed by atoms with E-state index in [1.807, 2.05) is 0 Å². The summed E-state index contributed by atoms with van der Waals surface area (Å²) in [6.07, 6.45) is 7.05. The summed E-state index contributed by atoms with van der Waals surface area (Å²) in [7, 11) is 0. The van der Waals surface area contributed by atoms with Crippen LogP contribution in [-0.2, 0) is 0 Å². The van der Waals surface area contributed by atoms with Crippen LogP contribution in [0, 0.1) is 23.7 Å². The van der Waals surface area contributed by atoms with Crippen LogP contribution >= 0.6 is 0 Å². The summed E-state index contributed by atoms with van der Waals surface area (Å²) in [4.78, 5) is 2.76. The first-order valence-corrected chi connectivity index (χ1v) is 9.09. The highest BCUT2D eigenvalue weighted by Crippen LogP contribution is 2.35. The monoisotopic (exact) mass is 280 g/mol. The fraction of sp³-hybridized carbons (Fsp3) is 1.00. The van der Waals surface area contributed by atoms with Gasteiger partial charge in [0.05, 0.1) is 0 Å². The van der Waals surface area contributed by atoms with E-state index in [1.54, 1.807) is 0 Å². The molecule has 1 saturated carbocycles. The Hall–Kier alpha value is -0.0800. The van der Waals surface area contributed by atoms with Crippen LogP contribution in [0.5, 0.6) is 0 Å². The van der Waals surface area contributed by atoms with Crippen LogP contribution in [0.3, 0.4) is 0 Å². The lowest BCUT2D eigenvalue weighted by molar-refractivity contribution is 0.0823. The molecule has 0 radical (unpaired) electrons. The van der Waals surface area contributed by atoms with Gasteiger partial charge in [0.2, 0.25) is 0 Å². The van der Waals surface area contributed by atoms with Gasteiger partial charge in [-0.3, -0.25) is 0 Å². The highest BCUT2D eigenvalue weighted by molar-refractivity contribution is 4.89. The second kappa shape index (κ2) is 7.79. The molecular weight excluding hydrogens is 244 g/mol. The summed E-state index contributed by atoms with van der Waals surface area (Å²) in [6, 6.07) is 0.752. The van der Waals surface area contributed by atoms with Gasteiger partial charge >= 0.3 is 0 Å². The molecule has 2 fully saturated rings. The van der Waals surface area contributed by atoms with Gasteiger partial charge in [-0.15, -0.1) is 0 Å². The van der Waals surface area contributed by atoms with Crippen molar-refractivity contribution in [3.63, 3.8) is 0 Å². The standard InChI is InChI=1S/C18H36N2/c1-5-16-7-9-20(10-8-16)13-17-15(4)11-14(3)12-18(17)19-6-2/h14-19H,5-13H2,1-4H3. The van der Waals surface area contributed by atoms with Gasteiger partial charge in [-0.25, -0.2) is 0 Å². The van der Waals surface area contributed by atoms with Crippen molar-refractivity contribution in [2.45, 2.75) is 65.8 Å². The van der Waals surface area contributed by atoms with Gasteiger partial charge in [-0.1, -0.05) is 34.1 Å². The Kier molecular flexibility index (Phi) is 6.35. The maximum Gasteiger partial charge on any atom is 0.0112 e. The third-order valence-electron chi connectivity index (χ3n) is 5.90. The molecular formula is C18H36N2. The number of rotatable bonds is 5. The fourth-order valence-electron chi connectivity index (χ4n) is 4.59. The molecule has 4 atom stereocenters. The molecule has 0 amide bonds. The van der Waals surface area contributed by atoms with E-state index in [-0.39, 0.29) is 0 Å². The van der Waals surface area contributed by atoms with Crippen molar-refractivity contribution >= 4 is 0 Å². The Morgan fingerprint density at radius 3 is 2.35 bits per heavy atom. The molecule has 118 valence electrons. The quantitative estimate of drug-likeness (QED) is 0.824. The molecule has 0 spiro atoms. The maximum atomic E-state index is 3.78. The Morgan fingerprint density at radius 2 is 1.75 bits per heavy atom. The number of hydrogen-bond donors (Lipinski definition) is 1. The highest BCUT2D eigenvalue weighted by atomic mass is 15.1. The second-order valence-electron chi connectivity index (χ2n) is 7.53. The number of hydrogen-bond acceptors (Lipinski definition) is 2. The molecule has 2 aliphatic rings. The summed E-state index contributed by atoms with van der Waals surface area (Å²) in [5.41, 5.74) is 0. The van der Waals surface area contributed by atoms with Gasteiger partial charge in [0.1, 0.15) is 0 Å². The molecule has 2 rings (SSSR count). The normalized spacial score (nSPS) is 37.2. The van der Waals surface area contributed by atoms with Crippen LogP contribution in [0.2, 0.25) is 0 Å². The zero-order valence-electron chi connectivity index (χ0n) is 14.2. The summed E-state index contributed by atoms with van der Waals surface area (Å²) >= 11 is 0. The summed E-state index contributed by atoms with van der Waals surface area (Å²) in [5, 5.41) is 3.78. The summed E-state index contributed by atoms with van der Waals surface area (Å²) in [6.45, 7) is 14.7. The molecule has 0 bridgehead atoms. The number of piperidine rings is 1. The molecule has 2 heteroatoms. The number of nitrogens with zero attached hydrogens (tertiary/aromatic N) is 1. The van der Waals surface area contributed by atoms with Crippen molar-refractivity contribution < 1.29 is 0 Å². The highest BCUT2D eigenvalue weighted by Gasteiger charge is 2.35. The fourth-order valence-corrected chi connectivity index (χ4v) is 4.59. The van der Waals surface area contributed by atoms with Crippen molar-refractivity contribution in [3.05, 3.63) is 0 Å². The molecule has 1 saturated heterocycles. The molecule has 1 aliphatic heterocycles. The minimum absolute atomic E-state index is 0.752. The number of nitrogens with one attached hydrogen (secondary N) is 1. The lowest BCUT2D eigenvalue weighted by Crippen LogP contribution is -2.50. The van der Waals surface area contributed by atoms with Crippen LogP contribution in [0.25, 0.3) is 0 Å². The van der Waals surface area contributed by atoms with Gasteiger partial charge in [0.25, 0.3) is 0 Å². The van der Waals surface area contributed by atoms with E-state index in [1.165, 1.54) is 51.7 Å². The van der Waals surface area contributed by atoms with Crippen LogP contribution in [-0.4, -0.2) is 37.1 Å². The molecule has 0 aromatic rings. The van der Waals surface area contributed by atoms with E-state index in [0.717, 1.165) is 36.3 Å². The van der Waals surface area contributed by atoms with E-state index in [0.29, 0.717) is 0 Å². The Balaban J connectivity index is 1.88. The predicted octanol–water partition coefficient (Wildman–Crippen LogP) is 3.77. The molecule has 0 aromatic heterocycles. The third kappa shape index (κ3) is 4.21. The van der Waals surface area contributed by atoms with Crippen LogP contribution in [0.4, 0.5) is 0 Å². The SMILES string of the molecule is CCNC1CC(C)CC(C)C1CN1CCC(CC)CC1. The van der Waals surface area contributed by atoms with Crippen molar-refractivity contribution in [3.8, 4) is 0 Å². The molecule has 0 aromatic carbocycles. The summed E-state index contributed by atoms with van der Waals surface area (Å²) in [5.74, 6) is 3.65.